The number of benzene rings is 1. The maximum Gasteiger partial charge on any atom is 0.164 e. The standard InChI is InChI=1S/C17H17ClN6S/c1-12-19-17(25-22-12)15-5-6-16(21-20-15)24-9-7-23(8-10-24)14-4-2-3-13(18)11-14/h2-6,11H,7-10H2,1H3. The molecule has 0 spiro atoms. The quantitative estimate of drug-likeness (QED) is 0.703. The van der Waals surface area contributed by atoms with E-state index in [2.05, 4.69) is 35.4 Å². The zero-order chi connectivity index (χ0) is 17.2. The first kappa shape index (κ1) is 16.2. The van der Waals surface area contributed by atoms with Crippen LogP contribution in [0, 0.1) is 6.92 Å². The van der Waals surface area contributed by atoms with Gasteiger partial charge >= 0.3 is 0 Å². The summed E-state index contributed by atoms with van der Waals surface area (Å²) in [7, 11) is 0. The molecule has 8 heteroatoms. The highest BCUT2D eigenvalue weighted by molar-refractivity contribution is 7.09. The molecule has 128 valence electrons. The lowest BCUT2D eigenvalue weighted by Gasteiger charge is -2.36. The number of hydrogen-bond acceptors (Lipinski definition) is 7. The minimum atomic E-state index is 0.767. The fourth-order valence-corrected chi connectivity index (χ4v) is 3.69. The molecule has 0 saturated carbocycles. The second-order valence-corrected chi connectivity index (χ2v) is 7.07. The van der Waals surface area contributed by atoms with Crippen LogP contribution in [0.15, 0.2) is 36.4 Å². The van der Waals surface area contributed by atoms with E-state index in [1.165, 1.54) is 17.2 Å². The number of halogens is 1. The Bertz CT molecular complexity index is 858. The van der Waals surface area contributed by atoms with E-state index in [1.54, 1.807) is 0 Å². The number of piperazine rings is 1. The SMILES string of the molecule is Cc1nsc(-c2ccc(N3CCN(c4cccc(Cl)c4)CC3)nn2)n1. The number of anilines is 2. The molecule has 0 unspecified atom stereocenters. The number of nitrogens with zero attached hydrogens (tertiary/aromatic N) is 6. The molecule has 1 aliphatic heterocycles. The summed E-state index contributed by atoms with van der Waals surface area (Å²) in [6.07, 6.45) is 0. The van der Waals surface area contributed by atoms with Crippen LogP contribution in [-0.2, 0) is 0 Å². The monoisotopic (exact) mass is 372 g/mol. The van der Waals surface area contributed by atoms with Crippen molar-refractivity contribution in [3.05, 3.63) is 47.2 Å². The topological polar surface area (TPSA) is 58.0 Å². The van der Waals surface area contributed by atoms with Gasteiger partial charge in [0.25, 0.3) is 0 Å². The van der Waals surface area contributed by atoms with Crippen molar-refractivity contribution in [1.29, 1.82) is 0 Å². The molecule has 25 heavy (non-hydrogen) atoms. The van der Waals surface area contributed by atoms with E-state index in [0.29, 0.717) is 0 Å². The summed E-state index contributed by atoms with van der Waals surface area (Å²) >= 11 is 7.44. The molecule has 3 aromatic rings. The van der Waals surface area contributed by atoms with Crippen LogP contribution >= 0.6 is 23.1 Å². The highest BCUT2D eigenvalue weighted by Gasteiger charge is 2.19. The van der Waals surface area contributed by atoms with Crippen LogP contribution in [-0.4, -0.2) is 45.7 Å². The minimum absolute atomic E-state index is 0.767. The fourth-order valence-electron chi connectivity index (χ4n) is 2.88. The van der Waals surface area contributed by atoms with Gasteiger partial charge in [0.2, 0.25) is 0 Å². The Kier molecular flexibility index (Phi) is 4.50. The number of hydrogen-bond donors (Lipinski definition) is 0. The van der Waals surface area contributed by atoms with Gasteiger partial charge in [-0.25, -0.2) is 4.98 Å². The predicted octanol–water partition coefficient (Wildman–Crippen LogP) is 3.28. The highest BCUT2D eigenvalue weighted by atomic mass is 35.5. The second-order valence-electron chi connectivity index (χ2n) is 5.88. The molecule has 0 bridgehead atoms. The molecule has 6 nitrogen and oxygen atoms in total. The zero-order valence-electron chi connectivity index (χ0n) is 13.8. The van der Waals surface area contributed by atoms with Gasteiger partial charge in [0.05, 0.1) is 0 Å². The van der Waals surface area contributed by atoms with E-state index in [0.717, 1.165) is 53.5 Å². The van der Waals surface area contributed by atoms with Crippen molar-refractivity contribution in [3.63, 3.8) is 0 Å². The van der Waals surface area contributed by atoms with E-state index >= 15 is 0 Å². The first-order chi connectivity index (χ1) is 12.2. The largest absolute Gasteiger partial charge is 0.368 e. The summed E-state index contributed by atoms with van der Waals surface area (Å²) in [4.78, 5) is 8.94. The van der Waals surface area contributed by atoms with E-state index in [9.17, 15) is 0 Å². The Morgan fingerprint density at radius 1 is 1.00 bits per heavy atom. The van der Waals surface area contributed by atoms with Crippen molar-refractivity contribution in [1.82, 2.24) is 19.6 Å². The summed E-state index contributed by atoms with van der Waals surface area (Å²) in [5.74, 6) is 1.67. The summed E-state index contributed by atoms with van der Waals surface area (Å²) in [6, 6.07) is 12.0. The van der Waals surface area contributed by atoms with Crippen LogP contribution < -0.4 is 9.80 Å². The lowest BCUT2D eigenvalue weighted by molar-refractivity contribution is 0.644. The smallest absolute Gasteiger partial charge is 0.164 e. The van der Waals surface area contributed by atoms with Gasteiger partial charge in [0.15, 0.2) is 10.8 Å². The van der Waals surface area contributed by atoms with Gasteiger partial charge in [-0.1, -0.05) is 17.7 Å². The Hall–Kier alpha value is -2.25. The van der Waals surface area contributed by atoms with Crippen LogP contribution in [0.1, 0.15) is 5.82 Å². The molecule has 1 fully saturated rings. The van der Waals surface area contributed by atoms with Gasteiger partial charge in [0.1, 0.15) is 11.5 Å². The van der Waals surface area contributed by atoms with Crippen molar-refractivity contribution in [2.75, 3.05) is 36.0 Å². The summed E-state index contributed by atoms with van der Waals surface area (Å²) in [5.41, 5.74) is 1.94. The van der Waals surface area contributed by atoms with E-state index in [4.69, 9.17) is 11.6 Å². The van der Waals surface area contributed by atoms with E-state index in [1.807, 2.05) is 37.3 Å². The average molecular weight is 373 g/mol. The Labute approximate surface area is 155 Å². The zero-order valence-corrected chi connectivity index (χ0v) is 15.3. The van der Waals surface area contributed by atoms with Crippen molar-refractivity contribution in [3.8, 4) is 10.7 Å². The minimum Gasteiger partial charge on any atom is -0.368 e. The summed E-state index contributed by atoms with van der Waals surface area (Å²) in [5, 5.41) is 10.3. The lowest BCUT2D eigenvalue weighted by atomic mass is 10.2. The van der Waals surface area contributed by atoms with Crippen LogP contribution in [0.2, 0.25) is 5.02 Å². The molecule has 0 radical (unpaired) electrons. The molecule has 1 saturated heterocycles. The lowest BCUT2D eigenvalue weighted by Crippen LogP contribution is -2.46. The van der Waals surface area contributed by atoms with E-state index in [-0.39, 0.29) is 0 Å². The molecular weight excluding hydrogens is 356 g/mol. The van der Waals surface area contributed by atoms with Crippen molar-refractivity contribution in [2.45, 2.75) is 6.92 Å². The van der Waals surface area contributed by atoms with Crippen LogP contribution in [0.4, 0.5) is 11.5 Å². The molecule has 3 heterocycles. The number of aromatic nitrogens is 4. The number of rotatable bonds is 3. The van der Waals surface area contributed by atoms with Gasteiger partial charge in [-0.05, 0) is 48.8 Å². The van der Waals surface area contributed by atoms with Crippen molar-refractivity contribution >= 4 is 34.6 Å². The molecule has 4 rings (SSSR count). The fraction of sp³-hybridized carbons (Fsp3) is 0.294. The Morgan fingerprint density at radius 3 is 2.44 bits per heavy atom. The number of aryl methyl sites for hydroxylation is 1. The summed E-state index contributed by atoms with van der Waals surface area (Å²) in [6.45, 7) is 5.54. The first-order valence-corrected chi connectivity index (χ1v) is 9.24. The third kappa shape index (κ3) is 3.57. The molecule has 2 aromatic heterocycles. The second kappa shape index (κ2) is 6.93. The van der Waals surface area contributed by atoms with Gasteiger partial charge < -0.3 is 9.80 Å². The Morgan fingerprint density at radius 2 is 1.80 bits per heavy atom. The maximum absolute atomic E-state index is 6.09. The highest BCUT2D eigenvalue weighted by Crippen LogP contribution is 2.23. The molecular formula is C17H17ClN6S. The molecule has 0 aliphatic carbocycles. The predicted molar refractivity (Wildman–Crippen MR) is 102 cm³/mol. The van der Waals surface area contributed by atoms with Gasteiger partial charge in [-0.2, -0.15) is 4.37 Å². The molecule has 0 amide bonds. The third-order valence-corrected chi connectivity index (χ3v) is 5.24. The summed E-state index contributed by atoms with van der Waals surface area (Å²) < 4.78 is 4.19. The van der Waals surface area contributed by atoms with E-state index < -0.39 is 0 Å². The van der Waals surface area contributed by atoms with Gasteiger partial charge in [-0.3, -0.25) is 0 Å². The first-order valence-electron chi connectivity index (χ1n) is 8.09. The third-order valence-electron chi connectivity index (χ3n) is 4.17. The Balaban J connectivity index is 1.42. The van der Waals surface area contributed by atoms with Gasteiger partial charge in [-0.15, -0.1) is 10.2 Å². The van der Waals surface area contributed by atoms with Crippen LogP contribution in [0.3, 0.4) is 0 Å². The average Bonchev–Trinajstić information content (AvgIpc) is 3.08. The van der Waals surface area contributed by atoms with Crippen LogP contribution in [0.25, 0.3) is 10.7 Å². The molecule has 1 aromatic carbocycles. The normalized spacial score (nSPS) is 14.8. The maximum atomic E-state index is 6.09. The molecule has 1 aliphatic rings. The van der Waals surface area contributed by atoms with Gasteiger partial charge in [0, 0.05) is 36.9 Å². The van der Waals surface area contributed by atoms with Crippen molar-refractivity contribution in [2.24, 2.45) is 0 Å². The van der Waals surface area contributed by atoms with Crippen molar-refractivity contribution < 1.29 is 0 Å². The molecule has 0 atom stereocenters. The molecule has 0 N–H and O–H groups in total. The van der Waals surface area contributed by atoms with Crippen LogP contribution in [0.5, 0.6) is 0 Å².